The van der Waals surface area contributed by atoms with Crippen LogP contribution in [0.4, 0.5) is 5.69 Å². The van der Waals surface area contributed by atoms with Crippen molar-refractivity contribution in [1.29, 1.82) is 0 Å². The number of benzene rings is 1. The number of carbonyl (C=O) groups is 1. The molecule has 1 unspecified atom stereocenters. The molecule has 144 valence electrons. The summed E-state index contributed by atoms with van der Waals surface area (Å²) in [6.07, 6.45) is 1.19. The lowest BCUT2D eigenvalue weighted by Crippen LogP contribution is -2.55. The molecule has 2 aliphatic heterocycles. The van der Waals surface area contributed by atoms with Crippen LogP contribution in [-0.2, 0) is 19.7 Å². The fraction of sp³-hybridized carbons (Fsp3) is 0.588. The zero-order valence-electron chi connectivity index (χ0n) is 14.8. The average Bonchev–Trinajstić information content (AvgIpc) is 3.13. The summed E-state index contributed by atoms with van der Waals surface area (Å²) in [7, 11) is -3.67. The SMILES string of the molecule is CCOC(=O)C1CCCN1S(=O)(=O)N1CCN(c2cccc(Cl)c2)CC1. The maximum atomic E-state index is 13.0. The average molecular weight is 402 g/mol. The minimum atomic E-state index is -3.67. The van der Waals surface area contributed by atoms with E-state index in [-0.39, 0.29) is 6.61 Å². The van der Waals surface area contributed by atoms with Gasteiger partial charge in [0, 0.05) is 43.4 Å². The van der Waals surface area contributed by atoms with Crippen LogP contribution in [0.2, 0.25) is 5.02 Å². The predicted octanol–water partition coefficient (Wildman–Crippen LogP) is 1.73. The van der Waals surface area contributed by atoms with Crippen molar-refractivity contribution in [1.82, 2.24) is 8.61 Å². The van der Waals surface area contributed by atoms with Crippen LogP contribution in [0.25, 0.3) is 0 Å². The smallest absolute Gasteiger partial charge is 0.324 e. The Balaban J connectivity index is 1.67. The van der Waals surface area contributed by atoms with Gasteiger partial charge in [-0.05, 0) is 38.0 Å². The van der Waals surface area contributed by atoms with Crippen molar-refractivity contribution in [2.24, 2.45) is 0 Å². The highest BCUT2D eigenvalue weighted by atomic mass is 35.5. The van der Waals surface area contributed by atoms with E-state index in [0.29, 0.717) is 50.6 Å². The first-order valence-corrected chi connectivity index (χ1v) is 10.6. The van der Waals surface area contributed by atoms with Gasteiger partial charge in [-0.25, -0.2) is 0 Å². The van der Waals surface area contributed by atoms with Gasteiger partial charge in [-0.1, -0.05) is 17.7 Å². The number of halogens is 1. The van der Waals surface area contributed by atoms with E-state index in [1.807, 2.05) is 24.3 Å². The van der Waals surface area contributed by atoms with Crippen LogP contribution in [0.15, 0.2) is 24.3 Å². The molecule has 2 heterocycles. The standard InChI is InChI=1S/C17H24ClN3O4S/c1-2-25-17(22)16-7-4-8-21(16)26(23,24)20-11-9-19(10-12-20)15-6-3-5-14(18)13-15/h3,5-6,13,16H,2,4,7-12H2,1H3. The topological polar surface area (TPSA) is 70.2 Å². The molecule has 0 radical (unpaired) electrons. The highest BCUT2D eigenvalue weighted by Crippen LogP contribution is 2.26. The second kappa shape index (κ2) is 8.12. The molecule has 26 heavy (non-hydrogen) atoms. The monoisotopic (exact) mass is 401 g/mol. The maximum Gasteiger partial charge on any atom is 0.324 e. The summed E-state index contributed by atoms with van der Waals surface area (Å²) in [5.74, 6) is -0.453. The zero-order chi connectivity index (χ0) is 18.7. The molecule has 0 spiro atoms. The van der Waals surface area contributed by atoms with Crippen molar-refractivity contribution >= 4 is 33.5 Å². The molecule has 0 N–H and O–H groups in total. The Morgan fingerprint density at radius 3 is 2.62 bits per heavy atom. The van der Waals surface area contributed by atoms with Crippen molar-refractivity contribution in [3.05, 3.63) is 29.3 Å². The molecule has 2 saturated heterocycles. The molecule has 1 aromatic carbocycles. The number of nitrogens with zero attached hydrogens (tertiary/aromatic N) is 3. The van der Waals surface area contributed by atoms with Crippen molar-refractivity contribution in [3.8, 4) is 0 Å². The molecular formula is C17H24ClN3O4S. The Kier molecular flexibility index (Phi) is 6.06. The first-order chi connectivity index (χ1) is 12.4. The van der Waals surface area contributed by atoms with E-state index in [2.05, 4.69) is 4.90 Å². The van der Waals surface area contributed by atoms with Gasteiger partial charge >= 0.3 is 5.97 Å². The first kappa shape index (κ1) is 19.4. The molecule has 7 nitrogen and oxygen atoms in total. The van der Waals surface area contributed by atoms with E-state index in [9.17, 15) is 13.2 Å². The van der Waals surface area contributed by atoms with Crippen LogP contribution in [0.3, 0.4) is 0 Å². The highest BCUT2D eigenvalue weighted by Gasteiger charge is 2.43. The van der Waals surface area contributed by atoms with Crippen LogP contribution in [0, 0.1) is 0 Å². The van der Waals surface area contributed by atoms with E-state index < -0.39 is 22.2 Å². The maximum absolute atomic E-state index is 13.0. The van der Waals surface area contributed by atoms with Crippen molar-refractivity contribution in [3.63, 3.8) is 0 Å². The lowest BCUT2D eigenvalue weighted by atomic mass is 10.2. The summed E-state index contributed by atoms with van der Waals surface area (Å²) < 4.78 is 33.8. The molecule has 9 heteroatoms. The van der Waals surface area contributed by atoms with Crippen LogP contribution >= 0.6 is 11.6 Å². The third kappa shape index (κ3) is 3.98. The number of piperazine rings is 1. The van der Waals surface area contributed by atoms with Crippen LogP contribution in [0.5, 0.6) is 0 Å². The number of esters is 1. The highest BCUT2D eigenvalue weighted by molar-refractivity contribution is 7.86. The summed E-state index contributed by atoms with van der Waals surface area (Å²) in [4.78, 5) is 14.2. The summed E-state index contributed by atoms with van der Waals surface area (Å²) in [6, 6.07) is 6.84. The summed E-state index contributed by atoms with van der Waals surface area (Å²) in [6.45, 7) is 4.25. The predicted molar refractivity (Wildman–Crippen MR) is 101 cm³/mol. The van der Waals surface area contributed by atoms with Crippen molar-refractivity contribution in [2.45, 2.75) is 25.8 Å². The second-order valence-electron chi connectivity index (χ2n) is 6.39. The molecule has 0 aromatic heterocycles. The van der Waals surface area contributed by atoms with E-state index >= 15 is 0 Å². The Labute approximate surface area is 159 Å². The minimum absolute atomic E-state index is 0.252. The third-order valence-electron chi connectivity index (χ3n) is 4.80. The molecule has 3 rings (SSSR count). The number of ether oxygens (including phenoxy) is 1. The van der Waals surface area contributed by atoms with Gasteiger partial charge in [0.15, 0.2) is 0 Å². The summed E-state index contributed by atoms with van der Waals surface area (Å²) in [5.41, 5.74) is 0.986. The van der Waals surface area contributed by atoms with Gasteiger partial charge in [0.25, 0.3) is 10.2 Å². The van der Waals surface area contributed by atoms with E-state index in [4.69, 9.17) is 16.3 Å². The largest absolute Gasteiger partial charge is 0.465 e. The molecule has 0 amide bonds. The summed E-state index contributed by atoms with van der Waals surface area (Å²) >= 11 is 6.04. The molecule has 1 aromatic rings. The van der Waals surface area contributed by atoms with Gasteiger partial charge in [0.1, 0.15) is 6.04 Å². The Hall–Kier alpha value is -1.35. The van der Waals surface area contributed by atoms with E-state index in [1.54, 1.807) is 6.92 Å². The second-order valence-corrected chi connectivity index (χ2v) is 8.71. The van der Waals surface area contributed by atoms with Gasteiger partial charge in [-0.3, -0.25) is 4.79 Å². The van der Waals surface area contributed by atoms with Crippen LogP contribution in [-0.4, -0.2) is 68.4 Å². The Bertz CT molecular complexity index is 750. The number of carbonyl (C=O) groups excluding carboxylic acids is 1. The van der Waals surface area contributed by atoms with Gasteiger partial charge in [0.2, 0.25) is 0 Å². The molecule has 0 bridgehead atoms. The van der Waals surface area contributed by atoms with Gasteiger partial charge in [-0.15, -0.1) is 0 Å². The minimum Gasteiger partial charge on any atom is -0.465 e. The number of hydrogen-bond donors (Lipinski definition) is 0. The van der Waals surface area contributed by atoms with E-state index in [1.165, 1.54) is 8.61 Å². The fourth-order valence-electron chi connectivity index (χ4n) is 3.49. The summed E-state index contributed by atoms with van der Waals surface area (Å²) in [5, 5.41) is 0.659. The number of hydrogen-bond acceptors (Lipinski definition) is 5. The molecule has 0 saturated carbocycles. The number of anilines is 1. The lowest BCUT2D eigenvalue weighted by molar-refractivity contribution is -0.146. The molecule has 2 fully saturated rings. The molecule has 0 aliphatic carbocycles. The fourth-order valence-corrected chi connectivity index (χ4v) is 5.47. The number of rotatable bonds is 5. The zero-order valence-corrected chi connectivity index (χ0v) is 16.4. The van der Waals surface area contributed by atoms with Crippen LogP contribution < -0.4 is 4.90 Å². The quantitative estimate of drug-likeness (QED) is 0.703. The molecule has 2 aliphatic rings. The first-order valence-electron chi connectivity index (χ1n) is 8.87. The Morgan fingerprint density at radius 1 is 1.23 bits per heavy atom. The molecular weight excluding hydrogens is 378 g/mol. The van der Waals surface area contributed by atoms with Crippen molar-refractivity contribution < 1.29 is 17.9 Å². The third-order valence-corrected chi connectivity index (χ3v) is 7.08. The lowest BCUT2D eigenvalue weighted by Gasteiger charge is -2.37. The van der Waals surface area contributed by atoms with Gasteiger partial charge in [0.05, 0.1) is 6.61 Å². The van der Waals surface area contributed by atoms with Gasteiger partial charge in [-0.2, -0.15) is 17.0 Å². The van der Waals surface area contributed by atoms with E-state index in [0.717, 1.165) is 5.69 Å². The normalized spacial score (nSPS) is 22.5. The van der Waals surface area contributed by atoms with Gasteiger partial charge < -0.3 is 9.64 Å². The Morgan fingerprint density at radius 2 is 1.96 bits per heavy atom. The van der Waals surface area contributed by atoms with Crippen LogP contribution in [0.1, 0.15) is 19.8 Å². The van der Waals surface area contributed by atoms with Crippen molar-refractivity contribution in [2.75, 3.05) is 44.2 Å². The molecule has 1 atom stereocenters.